The maximum atomic E-state index is 6.84. The molecule has 0 saturated heterocycles. The second-order valence-corrected chi connectivity index (χ2v) is 13.3. The summed E-state index contributed by atoms with van der Waals surface area (Å²) in [5, 5.41) is 0. The first kappa shape index (κ1) is 34.4. The van der Waals surface area contributed by atoms with Gasteiger partial charge in [0.15, 0.2) is 0 Å². The molecule has 7 nitrogen and oxygen atoms in total. The lowest BCUT2D eigenvalue weighted by Crippen LogP contribution is -2.24. The lowest BCUT2D eigenvalue weighted by Gasteiger charge is -2.30. The minimum Gasteiger partial charge on any atom is -0.354 e. The van der Waals surface area contributed by atoms with Crippen LogP contribution in [0.2, 0.25) is 0 Å². The van der Waals surface area contributed by atoms with Gasteiger partial charge in [-0.1, -0.05) is 121 Å². The Bertz CT molecular complexity index is 2470. The number of hydrogen-bond acceptors (Lipinski definition) is 5. The summed E-state index contributed by atoms with van der Waals surface area (Å²) in [4.78, 5) is 18.6. The molecule has 2 aliphatic heterocycles. The van der Waals surface area contributed by atoms with Gasteiger partial charge in [0.05, 0.1) is 11.4 Å². The Morgan fingerprint density at radius 3 is 1.11 bits per heavy atom. The smallest absolute Gasteiger partial charge is 0.204 e. The second kappa shape index (κ2) is 15.2. The fourth-order valence-corrected chi connectivity index (χ4v) is 7.56. The predicted octanol–water partition coefficient (Wildman–Crippen LogP) is 11.9. The Morgan fingerprint density at radius 2 is 0.764 bits per heavy atom. The van der Waals surface area contributed by atoms with Crippen molar-refractivity contribution in [2.24, 2.45) is 0 Å². The van der Waals surface area contributed by atoms with Gasteiger partial charge in [-0.05, 0) is 72.5 Å². The van der Waals surface area contributed by atoms with Crippen molar-refractivity contribution >= 4 is 34.2 Å². The van der Waals surface area contributed by atoms with E-state index in [0.717, 1.165) is 78.0 Å². The average molecular weight is 721 g/mol. The summed E-state index contributed by atoms with van der Waals surface area (Å²) in [7, 11) is 0. The summed E-state index contributed by atoms with van der Waals surface area (Å²) >= 11 is 0. The molecular formula is C48H40N4O3. The van der Waals surface area contributed by atoms with E-state index in [1.807, 2.05) is 62.4 Å². The van der Waals surface area contributed by atoms with Crippen LogP contribution in [0.4, 0.5) is 0 Å². The molecule has 4 aromatic carbocycles. The van der Waals surface area contributed by atoms with E-state index in [0.29, 0.717) is 24.6 Å². The highest BCUT2D eigenvalue weighted by Crippen LogP contribution is 2.43. The monoisotopic (exact) mass is 720 g/mol. The van der Waals surface area contributed by atoms with Crippen LogP contribution >= 0.6 is 0 Å². The van der Waals surface area contributed by atoms with Crippen molar-refractivity contribution < 1.29 is 14.2 Å². The first-order valence-corrected chi connectivity index (χ1v) is 18.8. The van der Waals surface area contributed by atoms with Gasteiger partial charge in [0.1, 0.15) is 11.4 Å². The zero-order chi connectivity index (χ0) is 37.1. The number of H-pyrrole nitrogens is 2. The molecule has 0 spiro atoms. The van der Waals surface area contributed by atoms with Gasteiger partial charge < -0.3 is 24.2 Å². The van der Waals surface area contributed by atoms with Crippen LogP contribution in [-0.4, -0.2) is 33.1 Å². The van der Waals surface area contributed by atoms with Crippen LogP contribution in [0.1, 0.15) is 49.2 Å². The molecule has 2 aliphatic rings. The van der Waals surface area contributed by atoms with Gasteiger partial charge in [-0.15, -0.1) is 0 Å². The van der Waals surface area contributed by atoms with Crippen molar-refractivity contribution in [1.29, 1.82) is 0 Å². The molecule has 0 radical (unpaired) electrons. The molecule has 0 unspecified atom stereocenters. The number of fused-ring (bicyclic) bond motifs is 8. The molecule has 270 valence electrons. The van der Waals surface area contributed by atoms with Gasteiger partial charge in [0.25, 0.3) is 0 Å². The van der Waals surface area contributed by atoms with Crippen LogP contribution in [0.3, 0.4) is 0 Å². The fourth-order valence-electron chi connectivity index (χ4n) is 7.56. The Balaban J connectivity index is 1.53. The van der Waals surface area contributed by atoms with Gasteiger partial charge >= 0.3 is 0 Å². The molecule has 0 fully saturated rings. The Kier molecular flexibility index (Phi) is 9.48. The lowest BCUT2D eigenvalue weighted by molar-refractivity contribution is -0.261. The van der Waals surface area contributed by atoms with E-state index < -0.39 is 12.6 Å². The van der Waals surface area contributed by atoms with Crippen molar-refractivity contribution in [3.8, 4) is 44.5 Å². The van der Waals surface area contributed by atoms with E-state index in [4.69, 9.17) is 24.2 Å². The minimum atomic E-state index is -0.808. The molecule has 2 atom stereocenters. The first-order chi connectivity index (χ1) is 27.2. The molecule has 7 aromatic rings. The number of ether oxygens (including phenoxy) is 3. The van der Waals surface area contributed by atoms with Crippen LogP contribution in [0, 0.1) is 0 Å². The van der Waals surface area contributed by atoms with Gasteiger partial charge in [-0.3, -0.25) is 0 Å². The van der Waals surface area contributed by atoms with Crippen LogP contribution in [-0.2, 0) is 14.2 Å². The van der Waals surface area contributed by atoms with E-state index >= 15 is 0 Å². The molecule has 9 rings (SSSR count). The molecule has 0 aliphatic carbocycles. The van der Waals surface area contributed by atoms with Gasteiger partial charge in [-0.2, -0.15) is 0 Å². The number of aromatic nitrogens is 4. The molecule has 55 heavy (non-hydrogen) atoms. The van der Waals surface area contributed by atoms with Crippen LogP contribution in [0.25, 0.3) is 78.7 Å². The highest BCUT2D eigenvalue weighted by molar-refractivity contribution is 5.97. The van der Waals surface area contributed by atoms with Gasteiger partial charge in [0, 0.05) is 57.5 Å². The maximum absolute atomic E-state index is 6.84. The number of benzene rings is 4. The number of rotatable bonds is 8. The van der Waals surface area contributed by atoms with Crippen LogP contribution < -0.4 is 0 Å². The van der Waals surface area contributed by atoms with Gasteiger partial charge in [0.2, 0.25) is 12.6 Å². The predicted molar refractivity (Wildman–Crippen MR) is 221 cm³/mol. The summed E-state index contributed by atoms with van der Waals surface area (Å²) < 4.78 is 19.6. The van der Waals surface area contributed by atoms with Gasteiger partial charge in [-0.25, -0.2) is 9.97 Å². The fraction of sp³-hybridized carbons (Fsp3) is 0.125. The van der Waals surface area contributed by atoms with E-state index in [2.05, 4.69) is 119 Å². The largest absolute Gasteiger partial charge is 0.354 e. The zero-order valence-electron chi connectivity index (χ0n) is 30.7. The average Bonchev–Trinajstić information content (AvgIpc) is 4.02. The van der Waals surface area contributed by atoms with E-state index in [-0.39, 0.29) is 0 Å². The second-order valence-electron chi connectivity index (χ2n) is 13.3. The standard InChI is InChI=1S/C48H40N4O3/c1-3-53-47-45-43(33-21-13-7-14-22-33)39-29-27-37(50-39)41(31-17-9-5-10-18-31)35-25-26-36(49-35)42(32-19-11-6-12-20-32)38-28-30-40(51-38)44(34-23-15-8-16-24-34)46(52-45)48(55-47)54-4-2/h5-30,47-48,50-51H,3-4H2,1-2H3/t47-,48-/m1/s1. The summed E-state index contributed by atoms with van der Waals surface area (Å²) in [5.74, 6) is 0. The van der Waals surface area contributed by atoms with Crippen molar-refractivity contribution in [3.63, 3.8) is 0 Å². The zero-order valence-corrected chi connectivity index (χ0v) is 30.7. The third kappa shape index (κ3) is 6.59. The number of hydrogen-bond donors (Lipinski definition) is 2. The molecule has 5 heterocycles. The molecule has 7 heteroatoms. The van der Waals surface area contributed by atoms with E-state index in [1.54, 1.807) is 0 Å². The topological polar surface area (TPSA) is 85.0 Å². The highest BCUT2D eigenvalue weighted by Gasteiger charge is 2.33. The molecule has 0 saturated carbocycles. The minimum absolute atomic E-state index is 0.417. The molecule has 3 aromatic heterocycles. The summed E-state index contributed by atoms with van der Waals surface area (Å²) in [6, 6.07) is 49.9. The van der Waals surface area contributed by atoms with Crippen molar-refractivity contribution in [3.05, 3.63) is 168 Å². The third-order valence-electron chi connectivity index (χ3n) is 9.93. The summed E-state index contributed by atoms with van der Waals surface area (Å²) in [6.07, 6.45) is 2.62. The van der Waals surface area contributed by atoms with Crippen molar-refractivity contribution in [2.45, 2.75) is 26.4 Å². The number of aromatic amines is 2. The third-order valence-corrected chi connectivity index (χ3v) is 9.93. The highest BCUT2D eigenvalue weighted by atomic mass is 16.8. The SMILES string of the molecule is CCO[C@@H]1O[C@@H](OCC)c2nc1c(-c1ccccc1)c1ccc([nH]1)c(-c1ccccc1)c1nc(c(-c3ccccc3)c3ccc([nH]3)c2-c2ccccc2)C=C1. The summed E-state index contributed by atoms with van der Waals surface area (Å²) in [6.45, 7) is 4.77. The maximum Gasteiger partial charge on any atom is 0.204 e. The van der Waals surface area contributed by atoms with E-state index in [9.17, 15) is 0 Å². The Labute approximate surface area is 320 Å². The van der Waals surface area contributed by atoms with Crippen molar-refractivity contribution in [2.75, 3.05) is 13.2 Å². The van der Waals surface area contributed by atoms with E-state index in [1.165, 1.54) is 0 Å². The quantitative estimate of drug-likeness (QED) is 0.163. The van der Waals surface area contributed by atoms with Crippen LogP contribution in [0.5, 0.6) is 0 Å². The molecule has 0 amide bonds. The van der Waals surface area contributed by atoms with Crippen molar-refractivity contribution in [1.82, 2.24) is 19.9 Å². The number of nitrogens with zero attached hydrogens (tertiary/aromatic N) is 2. The van der Waals surface area contributed by atoms with Crippen LogP contribution in [0.15, 0.2) is 146 Å². The normalized spacial score (nSPS) is 15.2. The summed E-state index contributed by atoms with van der Waals surface area (Å²) in [5.41, 5.74) is 14.4. The molecule has 2 N–H and O–H groups in total. The number of nitrogens with one attached hydrogen (secondary N) is 2. The Morgan fingerprint density at radius 1 is 0.436 bits per heavy atom. The Hall–Kier alpha value is -6.38. The first-order valence-electron chi connectivity index (χ1n) is 18.8. The molecular weight excluding hydrogens is 681 g/mol. The lowest BCUT2D eigenvalue weighted by atomic mass is 10.0. The molecule has 8 bridgehead atoms.